The van der Waals surface area contributed by atoms with E-state index in [1.54, 1.807) is 0 Å². The van der Waals surface area contributed by atoms with Gasteiger partial charge in [-0.25, -0.2) is 8.42 Å². The first-order valence-electron chi connectivity index (χ1n) is 8.62. The fourth-order valence-electron chi connectivity index (χ4n) is 3.18. The summed E-state index contributed by atoms with van der Waals surface area (Å²) in [6, 6.07) is 8.71. The number of hydrogen-bond donors (Lipinski definition) is 0. The monoisotopic (exact) mass is 457 g/mol. The zero-order valence-corrected chi connectivity index (χ0v) is 17.7. The van der Waals surface area contributed by atoms with Crippen molar-refractivity contribution in [1.82, 2.24) is 9.21 Å². The van der Waals surface area contributed by atoms with Crippen molar-refractivity contribution in [3.05, 3.63) is 67.7 Å². The van der Waals surface area contributed by atoms with Crippen LogP contribution in [0.4, 0.5) is 5.69 Å². The third-order valence-electron chi connectivity index (χ3n) is 4.79. The number of carbonyl (C=O) groups is 1. The molecule has 1 aliphatic rings. The van der Waals surface area contributed by atoms with Gasteiger partial charge in [0.1, 0.15) is 4.90 Å². The summed E-state index contributed by atoms with van der Waals surface area (Å²) < 4.78 is 27.0. The number of rotatable bonds is 4. The first kappa shape index (κ1) is 21.5. The van der Waals surface area contributed by atoms with E-state index in [1.807, 2.05) is 0 Å². The molecule has 154 valence electrons. The fraction of sp³-hybridized carbons (Fsp3) is 0.278. The third kappa shape index (κ3) is 4.09. The number of nitro benzene ring substituents is 1. The molecule has 0 aromatic heterocycles. The second kappa shape index (κ2) is 8.27. The van der Waals surface area contributed by atoms with E-state index < -0.39 is 14.9 Å². The minimum absolute atomic E-state index is 0.0418. The predicted octanol–water partition coefficient (Wildman–Crippen LogP) is 3.36. The standard InChI is InChI=1S/C18H17Cl2N3O5S/c1-12-13(4-2-6-15(12)23(25)26)18(24)21-8-10-22(11-9-21)29(27,28)16-7-3-5-14(19)17(16)20/h2-7H,8-11H2,1H3. The molecular formula is C18H17Cl2N3O5S. The molecule has 1 heterocycles. The Hall–Kier alpha value is -2.20. The molecule has 0 atom stereocenters. The predicted molar refractivity (Wildman–Crippen MR) is 109 cm³/mol. The Labute approximate surface area is 177 Å². The number of nitro groups is 1. The van der Waals surface area contributed by atoms with Gasteiger partial charge in [0.15, 0.2) is 0 Å². The summed E-state index contributed by atoms with van der Waals surface area (Å²) in [7, 11) is -3.87. The Morgan fingerprint density at radius 1 is 1.07 bits per heavy atom. The van der Waals surface area contributed by atoms with Gasteiger partial charge in [-0.3, -0.25) is 14.9 Å². The van der Waals surface area contributed by atoms with Gasteiger partial charge in [-0.2, -0.15) is 4.31 Å². The summed E-state index contributed by atoms with van der Waals surface area (Å²) in [4.78, 5) is 24.8. The smallest absolute Gasteiger partial charge is 0.273 e. The first-order valence-corrected chi connectivity index (χ1v) is 10.8. The number of carbonyl (C=O) groups excluding carboxylic acids is 1. The van der Waals surface area contributed by atoms with E-state index in [2.05, 4.69) is 0 Å². The third-order valence-corrected chi connectivity index (χ3v) is 7.66. The molecule has 0 aliphatic carbocycles. The highest BCUT2D eigenvalue weighted by Crippen LogP contribution is 2.31. The molecule has 3 rings (SSSR count). The summed E-state index contributed by atoms with van der Waals surface area (Å²) in [6.45, 7) is 1.97. The maximum Gasteiger partial charge on any atom is 0.273 e. The van der Waals surface area contributed by atoms with Crippen molar-refractivity contribution in [2.24, 2.45) is 0 Å². The van der Waals surface area contributed by atoms with Gasteiger partial charge in [-0.15, -0.1) is 0 Å². The van der Waals surface area contributed by atoms with Crippen molar-refractivity contribution < 1.29 is 18.1 Å². The van der Waals surface area contributed by atoms with E-state index in [4.69, 9.17) is 23.2 Å². The van der Waals surface area contributed by atoms with Crippen LogP contribution in [0.15, 0.2) is 41.3 Å². The van der Waals surface area contributed by atoms with E-state index in [0.29, 0.717) is 0 Å². The number of halogens is 2. The summed E-state index contributed by atoms with van der Waals surface area (Å²) in [5, 5.41) is 11.2. The lowest BCUT2D eigenvalue weighted by atomic mass is 10.1. The summed E-state index contributed by atoms with van der Waals surface area (Å²) in [5.74, 6) is -0.371. The SMILES string of the molecule is Cc1c(C(=O)N2CCN(S(=O)(=O)c3cccc(Cl)c3Cl)CC2)cccc1[N+](=O)[O-]. The van der Waals surface area contributed by atoms with Crippen molar-refractivity contribution in [1.29, 1.82) is 0 Å². The van der Waals surface area contributed by atoms with Gasteiger partial charge in [-0.05, 0) is 25.1 Å². The molecule has 0 unspecified atom stereocenters. The molecule has 1 saturated heterocycles. The van der Waals surface area contributed by atoms with Gasteiger partial charge in [0.25, 0.3) is 11.6 Å². The highest BCUT2D eigenvalue weighted by molar-refractivity contribution is 7.89. The lowest BCUT2D eigenvalue weighted by Crippen LogP contribution is -2.50. The van der Waals surface area contributed by atoms with Crippen LogP contribution in [0.25, 0.3) is 0 Å². The summed E-state index contributed by atoms with van der Waals surface area (Å²) in [6.07, 6.45) is 0. The van der Waals surface area contributed by atoms with E-state index in [9.17, 15) is 23.3 Å². The molecule has 1 fully saturated rings. The Bertz CT molecular complexity index is 1080. The van der Waals surface area contributed by atoms with Gasteiger partial charge in [-0.1, -0.05) is 35.3 Å². The molecule has 0 saturated carbocycles. The van der Waals surface area contributed by atoms with Crippen LogP contribution < -0.4 is 0 Å². The summed E-state index contributed by atoms with van der Waals surface area (Å²) in [5.41, 5.74) is 0.379. The normalized spacial score (nSPS) is 15.3. The number of nitrogens with zero attached hydrogens (tertiary/aromatic N) is 3. The molecule has 8 nitrogen and oxygen atoms in total. The minimum atomic E-state index is -3.87. The largest absolute Gasteiger partial charge is 0.336 e. The minimum Gasteiger partial charge on any atom is -0.336 e. The van der Waals surface area contributed by atoms with Crippen molar-refractivity contribution in [3.63, 3.8) is 0 Å². The lowest BCUT2D eigenvalue weighted by Gasteiger charge is -2.34. The molecule has 1 aliphatic heterocycles. The van der Waals surface area contributed by atoms with Crippen LogP contribution in [-0.4, -0.2) is 54.6 Å². The van der Waals surface area contributed by atoms with Crippen molar-refractivity contribution in [3.8, 4) is 0 Å². The van der Waals surface area contributed by atoms with Crippen molar-refractivity contribution in [2.75, 3.05) is 26.2 Å². The topological polar surface area (TPSA) is 101 Å². The van der Waals surface area contributed by atoms with Crippen LogP contribution in [0.3, 0.4) is 0 Å². The highest BCUT2D eigenvalue weighted by atomic mass is 35.5. The maximum atomic E-state index is 12.9. The van der Waals surface area contributed by atoms with E-state index in [0.717, 1.165) is 0 Å². The highest BCUT2D eigenvalue weighted by Gasteiger charge is 2.33. The summed E-state index contributed by atoms with van der Waals surface area (Å²) >= 11 is 12.0. The number of hydrogen-bond acceptors (Lipinski definition) is 5. The second-order valence-electron chi connectivity index (χ2n) is 6.46. The molecule has 11 heteroatoms. The molecule has 0 radical (unpaired) electrons. The number of amides is 1. The van der Waals surface area contributed by atoms with E-state index in [1.165, 1.54) is 52.5 Å². The van der Waals surface area contributed by atoms with Gasteiger partial charge < -0.3 is 4.90 Å². The average molecular weight is 458 g/mol. The molecule has 0 spiro atoms. The van der Waals surface area contributed by atoms with Crippen molar-refractivity contribution in [2.45, 2.75) is 11.8 Å². The average Bonchev–Trinajstić information content (AvgIpc) is 2.69. The first-order chi connectivity index (χ1) is 13.6. The van der Waals surface area contributed by atoms with Crippen LogP contribution in [0.5, 0.6) is 0 Å². The van der Waals surface area contributed by atoms with Crippen LogP contribution in [-0.2, 0) is 10.0 Å². The Kier molecular flexibility index (Phi) is 6.13. The van der Waals surface area contributed by atoms with Crippen LogP contribution in [0.1, 0.15) is 15.9 Å². The van der Waals surface area contributed by atoms with E-state index in [-0.39, 0.29) is 63.8 Å². The number of sulfonamides is 1. The zero-order valence-electron chi connectivity index (χ0n) is 15.3. The molecule has 1 amide bonds. The number of piperazine rings is 1. The Morgan fingerprint density at radius 3 is 2.31 bits per heavy atom. The van der Waals surface area contributed by atoms with Gasteiger partial charge in [0.05, 0.1) is 15.0 Å². The zero-order chi connectivity index (χ0) is 21.3. The van der Waals surface area contributed by atoms with Crippen LogP contribution in [0.2, 0.25) is 10.0 Å². The Morgan fingerprint density at radius 2 is 1.69 bits per heavy atom. The van der Waals surface area contributed by atoms with Crippen LogP contribution >= 0.6 is 23.2 Å². The number of benzene rings is 2. The molecule has 0 N–H and O–H groups in total. The molecule has 29 heavy (non-hydrogen) atoms. The fourth-order valence-corrected chi connectivity index (χ4v) is 5.34. The lowest BCUT2D eigenvalue weighted by molar-refractivity contribution is -0.385. The molecule has 0 bridgehead atoms. The Balaban J connectivity index is 1.77. The van der Waals surface area contributed by atoms with E-state index >= 15 is 0 Å². The second-order valence-corrected chi connectivity index (χ2v) is 9.15. The van der Waals surface area contributed by atoms with Crippen LogP contribution in [0, 0.1) is 17.0 Å². The molecule has 2 aromatic carbocycles. The van der Waals surface area contributed by atoms with Gasteiger partial charge >= 0.3 is 0 Å². The van der Waals surface area contributed by atoms with Gasteiger partial charge in [0, 0.05) is 43.4 Å². The maximum absolute atomic E-state index is 12.9. The van der Waals surface area contributed by atoms with Gasteiger partial charge in [0.2, 0.25) is 10.0 Å². The molecular weight excluding hydrogens is 441 g/mol. The quantitative estimate of drug-likeness (QED) is 0.517. The van der Waals surface area contributed by atoms with Crippen molar-refractivity contribution >= 4 is 44.8 Å². The molecule has 2 aromatic rings.